The molecule has 1 aromatic heterocycles. The van der Waals surface area contributed by atoms with Crippen LogP contribution in [0.25, 0.3) is 0 Å². The topological polar surface area (TPSA) is 108 Å². The number of hydrogen-bond donors (Lipinski definition) is 1. The van der Waals surface area contributed by atoms with E-state index < -0.39 is 15.9 Å². The zero-order valence-corrected chi connectivity index (χ0v) is 14.6. The molecule has 2 aromatic rings. The lowest BCUT2D eigenvalue weighted by Crippen LogP contribution is -2.29. The summed E-state index contributed by atoms with van der Waals surface area (Å²) in [6, 6.07) is 4.39. The van der Waals surface area contributed by atoms with Gasteiger partial charge in [0.25, 0.3) is 5.91 Å². The monoisotopic (exact) mass is 354 g/mol. The van der Waals surface area contributed by atoms with E-state index in [-0.39, 0.29) is 12.2 Å². The molecule has 1 aromatic carbocycles. The van der Waals surface area contributed by atoms with Gasteiger partial charge in [0.2, 0.25) is 10.0 Å². The number of nitrogens with one attached hydrogen (secondary N) is 1. The molecule has 1 amide bonds. The number of aromatic nitrogens is 1. The minimum Gasteiger partial charge on any atom is -0.493 e. The molecule has 2 rings (SSSR count). The molecule has 0 unspecified atom stereocenters. The quantitative estimate of drug-likeness (QED) is 0.839. The molecule has 1 heterocycles. The number of aryl methyl sites for hydroxylation is 2. The maximum Gasteiger partial charge on any atom is 0.264 e. The van der Waals surface area contributed by atoms with Gasteiger partial charge in [0.05, 0.1) is 24.6 Å². The molecule has 0 aliphatic carbocycles. The molecule has 0 bridgehead atoms. The fourth-order valence-corrected chi connectivity index (χ4v) is 2.47. The third-order valence-electron chi connectivity index (χ3n) is 3.26. The average Bonchev–Trinajstić information content (AvgIpc) is 2.82. The van der Waals surface area contributed by atoms with Crippen molar-refractivity contribution in [2.45, 2.75) is 20.5 Å². The highest BCUT2D eigenvalue weighted by Gasteiger charge is 2.16. The van der Waals surface area contributed by atoms with E-state index in [1.165, 1.54) is 25.3 Å². The number of rotatable bonds is 6. The van der Waals surface area contributed by atoms with E-state index in [1.807, 2.05) is 11.6 Å². The second-order valence-corrected chi connectivity index (χ2v) is 6.91. The number of benzene rings is 1. The lowest BCUT2D eigenvalue weighted by atomic mass is 10.2. The first-order valence-corrected chi connectivity index (χ1v) is 8.85. The molecule has 24 heavy (non-hydrogen) atoms. The van der Waals surface area contributed by atoms with Crippen molar-refractivity contribution < 1.29 is 27.2 Å². The zero-order chi connectivity index (χ0) is 17.9. The van der Waals surface area contributed by atoms with Crippen molar-refractivity contribution in [2.75, 3.05) is 13.4 Å². The summed E-state index contributed by atoms with van der Waals surface area (Å²) in [5, 5.41) is 3.85. The van der Waals surface area contributed by atoms with Crippen molar-refractivity contribution in [1.82, 2.24) is 9.88 Å². The molecule has 1 N–H and O–H groups in total. The maximum atomic E-state index is 11.9. The van der Waals surface area contributed by atoms with Gasteiger partial charge in [-0.25, -0.2) is 13.1 Å². The molecule has 0 radical (unpaired) electrons. The summed E-state index contributed by atoms with van der Waals surface area (Å²) in [5.41, 5.74) is 1.70. The van der Waals surface area contributed by atoms with Gasteiger partial charge in [0.1, 0.15) is 12.4 Å². The summed E-state index contributed by atoms with van der Waals surface area (Å²) in [5.74, 6) is 0.639. The smallest absolute Gasteiger partial charge is 0.264 e. The Bertz CT molecular complexity index is 837. The summed E-state index contributed by atoms with van der Waals surface area (Å²) in [7, 11) is -2.21. The fraction of sp³-hybridized carbons (Fsp3) is 0.333. The number of nitrogens with zero attached hydrogens (tertiary/aromatic N) is 1. The predicted molar refractivity (Wildman–Crippen MR) is 85.6 cm³/mol. The summed E-state index contributed by atoms with van der Waals surface area (Å²) in [4.78, 5) is 11.9. The van der Waals surface area contributed by atoms with Gasteiger partial charge in [-0.3, -0.25) is 4.79 Å². The van der Waals surface area contributed by atoms with E-state index >= 15 is 0 Å². The van der Waals surface area contributed by atoms with Gasteiger partial charge in [-0.05, 0) is 32.0 Å². The lowest BCUT2D eigenvalue weighted by Gasteiger charge is -2.12. The third-order valence-corrected chi connectivity index (χ3v) is 3.81. The maximum absolute atomic E-state index is 11.9. The normalized spacial score (nSPS) is 11.2. The molecule has 8 nitrogen and oxygen atoms in total. The molecule has 0 spiro atoms. The van der Waals surface area contributed by atoms with Gasteiger partial charge in [0.15, 0.2) is 11.5 Å². The van der Waals surface area contributed by atoms with E-state index in [0.717, 1.165) is 17.5 Å². The van der Waals surface area contributed by atoms with Crippen LogP contribution in [0.5, 0.6) is 11.5 Å². The highest BCUT2D eigenvalue weighted by Crippen LogP contribution is 2.29. The second-order valence-electron chi connectivity index (χ2n) is 5.16. The molecule has 0 aliphatic rings. The van der Waals surface area contributed by atoms with Crippen molar-refractivity contribution in [1.29, 1.82) is 0 Å². The minimum atomic E-state index is -3.64. The molecular formula is C15H18N2O6S. The Morgan fingerprint density at radius 2 is 2.00 bits per heavy atom. The van der Waals surface area contributed by atoms with Crippen molar-refractivity contribution in [2.24, 2.45) is 0 Å². The Hall–Kier alpha value is -2.55. The first-order chi connectivity index (χ1) is 11.2. The van der Waals surface area contributed by atoms with E-state index in [1.54, 1.807) is 6.92 Å². The van der Waals surface area contributed by atoms with E-state index in [4.69, 9.17) is 14.0 Å². The molecule has 0 fully saturated rings. The van der Waals surface area contributed by atoms with Crippen LogP contribution in [0, 0.1) is 13.8 Å². The van der Waals surface area contributed by atoms with Crippen molar-refractivity contribution in [3.8, 4) is 11.5 Å². The summed E-state index contributed by atoms with van der Waals surface area (Å²) < 4.78 is 40.1. The molecule has 0 saturated carbocycles. The van der Waals surface area contributed by atoms with Gasteiger partial charge in [-0.15, -0.1) is 0 Å². The Kier molecular flexibility index (Phi) is 5.13. The number of amides is 1. The SMILES string of the molecule is COc1cc(C(=O)NS(C)(=O)=O)ccc1OCc1c(C)noc1C. The molecule has 9 heteroatoms. The minimum absolute atomic E-state index is 0.141. The highest BCUT2D eigenvalue weighted by molar-refractivity contribution is 7.89. The highest BCUT2D eigenvalue weighted by atomic mass is 32.2. The number of ether oxygens (including phenoxy) is 2. The van der Waals surface area contributed by atoms with Crippen molar-refractivity contribution in [3.05, 3.63) is 40.8 Å². The van der Waals surface area contributed by atoms with Crippen molar-refractivity contribution >= 4 is 15.9 Å². The van der Waals surface area contributed by atoms with Gasteiger partial charge in [0, 0.05) is 5.56 Å². The van der Waals surface area contributed by atoms with Crippen LogP contribution < -0.4 is 14.2 Å². The summed E-state index contributed by atoms with van der Waals surface area (Å²) >= 11 is 0. The van der Waals surface area contributed by atoms with Gasteiger partial charge < -0.3 is 14.0 Å². The molecule has 0 saturated heterocycles. The number of hydrogen-bond acceptors (Lipinski definition) is 7. The predicted octanol–water partition coefficient (Wildman–Crippen LogP) is 1.57. The standard InChI is InChI=1S/C15H18N2O6S/c1-9-12(10(2)23-16-9)8-22-13-6-5-11(7-14(13)21-3)15(18)17-24(4,19)20/h5-7H,8H2,1-4H3,(H,17,18). The van der Waals surface area contributed by atoms with Crippen LogP contribution in [0.2, 0.25) is 0 Å². The van der Waals surface area contributed by atoms with Crippen LogP contribution in [-0.4, -0.2) is 32.8 Å². The van der Waals surface area contributed by atoms with Gasteiger partial charge >= 0.3 is 0 Å². The van der Waals surface area contributed by atoms with Gasteiger partial charge in [-0.1, -0.05) is 5.16 Å². The van der Waals surface area contributed by atoms with Crippen LogP contribution in [0.3, 0.4) is 0 Å². The second kappa shape index (κ2) is 6.91. The molecule has 0 atom stereocenters. The largest absolute Gasteiger partial charge is 0.493 e. The Morgan fingerprint density at radius 3 is 2.54 bits per heavy atom. The average molecular weight is 354 g/mol. The Labute approximate surface area is 139 Å². The van der Waals surface area contributed by atoms with E-state index in [9.17, 15) is 13.2 Å². The summed E-state index contributed by atoms with van der Waals surface area (Å²) in [6.45, 7) is 3.83. The van der Waals surface area contributed by atoms with Crippen molar-refractivity contribution in [3.63, 3.8) is 0 Å². The number of carbonyl (C=O) groups is 1. The van der Waals surface area contributed by atoms with Gasteiger partial charge in [-0.2, -0.15) is 0 Å². The first-order valence-electron chi connectivity index (χ1n) is 6.96. The first kappa shape index (κ1) is 17.8. The molecule has 130 valence electrons. The number of carbonyl (C=O) groups excluding carboxylic acids is 1. The van der Waals surface area contributed by atoms with E-state index in [0.29, 0.717) is 17.3 Å². The third kappa shape index (κ3) is 4.25. The van der Waals surface area contributed by atoms with Crippen LogP contribution in [0.1, 0.15) is 27.4 Å². The Morgan fingerprint density at radius 1 is 1.29 bits per heavy atom. The lowest BCUT2D eigenvalue weighted by molar-refractivity contribution is 0.0981. The molecule has 0 aliphatic heterocycles. The zero-order valence-electron chi connectivity index (χ0n) is 13.7. The summed E-state index contributed by atoms with van der Waals surface area (Å²) in [6.07, 6.45) is 0.906. The van der Waals surface area contributed by atoms with Crippen LogP contribution in [0.4, 0.5) is 0 Å². The van der Waals surface area contributed by atoms with Crippen LogP contribution >= 0.6 is 0 Å². The molecular weight excluding hydrogens is 336 g/mol. The Balaban J connectivity index is 2.19. The fourth-order valence-electron chi connectivity index (χ4n) is 2.01. The van der Waals surface area contributed by atoms with Crippen LogP contribution in [-0.2, 0) is 16.6 Å². The van der Waals surface area contributed by atoms with Crippen LogP contribution in [0.15, 0.2) is 22.7 Å². The number of methoxy groups -OCH3 is 1. The van der Waals surface area contributed by atoms with E-state index in [2.05, 4.69) is 5.16 Å². The number of sulfonamides is 1.